The Bertz CT molecular complexity index is 767. The van der Waals surface area contributed by atoms with Crippen LogP contribution in [0.3, 0.4) is 0 Å². The smallest absolute Gasteiger partial charge is 0.328 e. The molecule has 2 aromatic carbocycles. The van der Waals surface area contributed by atoms with Crippen molar-refractivity contribution in [3.63, 3.8) is 0 Å². The zero-order valence-electron chi connectivity index (χ0n) is 14.7. The van der Waals surface area contributed by atoms with E-state index in [1.54, 1.807) is 37.3 Å². The van der Waals surface area contributed by atoms with Crippen LogP contribution in [0.25, 0.3) is 0 Å². The number of unbranched alkanes of at least 4 members (excludes halogenated alkanes) is 1. The third-order valence-electron chi connectivity index (χ3n) is 3.89. The summed E-state index contributed by atoms with van der Waals surface area (Å²) in [6.07, 6.45) is 1.63. The maximum atomic E-state index is 13.5. The number of anilines is 1. The lowest BCUT2D eigenvalue weighted by atomic mass is 10.1. The Labute approximate surface area is 157 Å². The molecule has 0 radical (unpaired) electrons. The number of carbonyl (C=O) groups excluding carboxylic acids is 2. The summed E-state index contributed by atoms with van der Waals surface area (Å²) in [6, 6.07) is 11.6. The molecule has 0 unspecified atom stereocenters. The summed E-state index contributed by atoms with van der Waals surface area (Å²) < 4.78 is 18.8. The lowest BCUT2D eigenvalue weighted by molar-refractivity contribution is -0.144. The number of esters is 1. The second-order valence-corrected chi connectivity index (χ2v) is 6.24. The van der Waals surface area contributed by atoms with Gasteiger partial charge < -0.3 is 4.74 Å². The highest BCUT2D eigenvalue weighted by Gasteiger charge is 2.29. The zero-order chi connectivity index (χ0) is 19.1. The van der Waals surface area contributed by atoms with Gasteiger partial charge in [0.05, 0.1) is 11.6 Å². The normalized spacial score (nSPS) is 11.7. The number of amides is 1. The molecule has 0 saturated carbocycles. The van der Waals surface area contributed by atoms with Crippen LogP contribution in [0.2, 0.25) is 5.02 Å². The van der Waals surface area contributed by atoms with Crippen molar-refractivity contribution in [1.82, 2.24) is 0 Å². The molecule has 0 aromatic heterocycles. The van der Waals surface area contributed by atoms with E-state index in [-0.39, 0.29) is 11.6 Å². The molecule has 0 spiro atoms. The first kappa shape index (κ1) is 19.9. The number of hydrogen-bond donors (Lipinski definition) is 0. The van der Waals surface area contributed by atoms with Gasteiger partial charge in [0.2, 0.25) is 0 Å². The Morgan fingerprint density at radius 2 is 1.88 bits per heavy atom. The summed E-state index contributed by atoms with van der Waals surface area (Å²) in [7, 11) is 0. The predicted octanol–water partition coefficient (Wildman–Crippen LogP) is 4.86. The molecule has 0 bridgehead atoms. The van der Waals surface area contributed by atoms with Crippen LogP contribution in [0.5, 0.6) is 0 Å². The summed E-state index contributed by atoms with van der Waals surface area (Å²) in [4.78, 5) is 26.7. The van der Waals surface area contributed by atoms with Gasteiger partial charge in [0, 0.05) is 11.3 Å². The van der Waals surface area contributed by atoms with Crippen LogP contribution < -0.4 is 4.90 Å². The molecule has 0 N–H and O–H groups in total. The SMILES string of the molecule is CCCCOC(=O)[C@@H](C)N(C(=O)c1ccccc1)c1ccc(F)c(Cl)c1. The highest BCUT2D eigenvalue weighted by molar-refractivity contribution is 6.31. The van der Waals surface area contributed by atoms with Gasteiger partial charge in [-0.2, -0.15) is 0 Å². The molecule has 26 heavy (non-hydrogen) atoms. The van der Waals surface area contributed by atoms with Gasteiger partial charge in [-0.25, -0.2) is 9.18 Å². The van der Waals surface area contributed by atoms with Gasteiger partial charge in [-0.05, 0) is 43.7 Å². The van der Waals surface area contributed by atoms with Gasteiger partial charge >= 0.3 is 5.97 Å². The van der Waals surface area contributed by atoms with Crippen molar-refractivity contribution in [2.75, 3.05) is 11.5 Å². The molecule has 1 atom stereocenters. The quantitative estimate of drug-likeness (QED) is 0.511. The van der Waals surface area contributed by atoms with E-state index >= 15 is 0 Å². The van der Waals surface area contributed by atoms with E-state index in [1.165, 1.54) is 17.0 Å². The summed E-state index contributed by atoms with van der Waals surface area (Å²) in [5, 5.41) is -0.125. The van der Waals surface area contributed by atoms with Crippen molar-refractivity contribution in [3.05, 3.63) is 64.9 Å². The first-order valence-corrected chi connectivity index (χ1v) is 8.83. The third kappa shape index (κ3) is 4.82. The van der Waals surface area contributed by atoms with Crippen molar-refractivity contribution in [2.24, 2.45) is 0 Å². The van der Waals surface area contributed by atoms with Crippen LogP contribution >= 0.6 is 11.6 Å². The predicted molar refractivity (Wildman–Crippen MR) is 100.0 cm³/mol. The molecular weight excluding hydrogens is 357 g/mol. The fourth-order valence-electron chi connectivity index (χ4n) is 2.41. The minimum Gasteiger partial charge on any atom is -0.464 e. The molecular formula is C20H21ClFNO3. The molecule has 0 aliphatic carbocycles. The van der Waals surface area contributed by atoms with Crippen molar-refractivity contribution in [3.8, 4) is 0 Å². The first-order valence-electron chi connectivity index (χ1n) is 8.46. The fraction of sp³-hybridized carbons (Fsp3) is 0.300. The van der Waals surface area contributed by atoms with Crippen molar-refractivity contribution < 1.29 is 18.7 Å². The standard InChI is InChI=1S/C20H21ClFNO3/c1-3-4-12-26-20(25)14(2)23(16-10-11-18(22)17(21)13-16)19(24)15-8-6-5-7-9-15/h5-11,13-14H,3-4,12H2,1-2H3/t14-/m1/s1. The maximum Gasteiger partial charge on any atom is 0.328 e. The molecule has 0 heterocycles. The van der Waals surface area contributed by atoms with Gasteiger partial charge in [-0.15, -0.1) is 0 Å². The van der Waals surface area contributed by atoms with E-state index in [9.17, 15) is 14.0 Å². The average Bonchev–Trinajstić information content (AvgIpc) is 2.65. The Kier molecular flexibility index (Phi) is 7.16. The van der Waals surface area contributed by atoms with E-state index in [4.69, 9.17) is 16.3 Å². The maximum absolute atomic E-state index is 13.5. The lowest BCUT2D eigenvalue weighted by Gasteiger charge is -2.28. The molecule has 138 valence electrons. The van der Waals surface area contributed by atoms with Crippen LogP contribution in [0.4, 0.5) is 10.1 Å². The van der Waals surface area contributed by atoms with Crippen LogP contribution in [0.15, 0.2) is 48.5 Å². The van der Waals surface area contributed by atoms with Crippen molar-refractivity contribution >= 4 is 29.2 Å². The number of halogens is 2. The summed E-state index contributed by atoms with van der Waals surface area (Å²) in [5.74, 6) is -1.52. The molecule has 1 amide bonds. The van der Waals surface area contributed by atoms with Crippen molar-refractivity contribution in [1.29, 1.82) is 0 Å². The van der Waals surface area contributed by atoms with Gasteiger partial charge in [-0.3, -0.25) is 9.69 Å². The number of rotatable bonds is 7. The second-order valence-electron chi connectivity index (χ2n) is 5.84. The molecule has 0 aliphatic rings. The van der Waals surface area contributed by atoms with E-state index in [1.807, 2.05) is 6.92 Å². The van der Waals surface area contributed by atoms with E-state index < -0.39 is 23.7 Å². The molecule has 2 rings (SSSR count). The van der Waals surface area contributed by atoms with Gasteiger partial charge in [0.25, 0.3) is 5.91 Å². The van der Waals surface area contributed by atoms with Crippen molar-refractivity contribution in [2.45, 2.75) is 32.7 Å². The third-order valence-corrected chi connectivity index (χ3v) is 4.18. The molecule has 0 fully saturated rings. The minimum absolute atomic E-state index is 0.125. The Morgan fingerprint density at radius 3 is 2.50 bits per heavy atom. The van der Waals surface area contributed by atoms with Crippen LogP contribution in [-0.2, 0) is 9.53 Å². The lowest BCUT2D eigenvalue weighted by Crippen LogP contribution is -2.44. The van der Waals surface area contributed by atoms with Crippen LogP contribution in [-0.4, -0.2) is 24.5 Å². The number of nitrogens with zero attached hydrogens (tertiary/aromatic N) is 1. The zero-order valence-corrected chi connectivity index (χ0v) is 15.5. The number of ether oxygens (including phenoxy) is 1. The Hall–Kier alpha value is -2.40. The average molecular weight is 378 g/mol. The van der Waals surface area contributed by atoms with Crippen LogP contribution in [0.1, 0.15) is 37.0 Å². The largest absolute Gasteiger partial charge is 0.464 e. The molecule has 0 saturated heterocycles. The number of carbonyl (C=O) groups is 2. The summed E-state index contributed by atoms with van der Waals surface area (Å²) in [5.41, 5.74) is 0.728. The topological polar surface area (TPSA) is 46.6 Å². The highest BCUT2D eigenvalue weighted by atomic mass is 35.5. The Balaban J connectivity index is 2.36. The van der Waals surface area contributed by atoms with E-state index in [2.05, 4.69) is 0 Å². The summed E-state index contributed by atoms with van der Waals surface area (Å²) >= 11 is 5.87. The summed E-state index contributed by atoms with van der Waals surface area (Å²) in [6.45, 7) is 3.85. The fourth-order valence-corrected chi connectivity index (χ4v) is 2.59. The minimum atomic E-state index is -0.888. The molecule has 2 aromatic rings. The second kappa shape index (κ2) is 9.34. The monoisotopic (exact) mass is 377 g/mol. The van der Waals surface area contributed by atoms with Crippen LogP contribution in [0, 0.1) is 5.82 Å². The number of benzene rings is 2. The molecule has 4 nitrogen and oxygen atoms in total. The van der Waals surface area contributed by atoms with Gasteiger partial charge in [0.15, 0.2) is 0 Å². The first-order chi connectivity index (χ1) is 12.5. The number of hydrogen-bond acceptors (Lipinski definition) is 3. The van der Waals surface area contributed by atoms with Gasteiger partial charge in [-0.1, -0.05) is 43.1 Å². The van der Waals surface area contributed by atoms with E-state index in [0.29, 0.717) is 11.3 Å². The molecule has 6 heteroatoms. The highest BCUT2D eigenvalue weighted by Crippen LogP contribution is 2.26. The Morgan fingerprint density at radius 1 is 1.19 bits per heavy atom. The van der Waals surface area contributed by atoms with Gasteiger partial charge in [0.1, 0.15) is 11.9 Å². The van der Waals surface area contributed by atoms with E-state index in [0.717, 1.165) is 18.9 Å². The molecule has 0 aliphatic heterocycles.